The minimum absolute atomic E-state index is 0.157. The molecular weight excluding hydrogens is 262 g/mol. The van der Waals surface area contributed by atoms with Gasteiger partial charge in [0.15, 0.2) is 5.69 Å². The number of benzene rings is 1. The molecule has 2 rings (SSSR count). The Balaban J connectivity index is 1.88. The van der Waals surface area contributed by atoms with E-state index in [9.17, 15) is 9.59 Å². The maximum atomic E-state index is 11.7. The van der Waals surface area contributed by atoms with Crippen LogP contribution in [0.2, 0.25) is 0 Å². The zero-order chi connectivity index (χ0) is 14.4. The van der Waals surface area contributed by atoms with Gasteiger partial charge in [0.2, 0.25) is 5.91 Å². The Labute approximate surface area is 114 Å². The van der Waals surface area contributed by atoms with Crippen LogP contribution < -0.4 is 15.8 Å². The molecule has 20 heavy (non-hydrogen) atoms. The predicted octanol–water partition coefficient (Wildman–Crippen LogP) is 0.311. The molecule has 0 atom stereocenters. The number of ether oxygens (including phenoxy) is 1. The summed E-state index contributed by atoms with van der Waals surface area (Å²) in [5, 5.41) is 12.2. The number of nitrogens with one attached hydrogen (secondary N) is 2. The second-order valence-corrected chi connectivity index (χ2v) is 3.90. The lowest BCUT2D eigenvalue weighted by atomic mass is 10.3. The predicted molar refractivity (Wildman–Crippen MR) is 70.1 cm³/mol. The summed E-state index contributed by atoms with van der Waals surface area (Å²) >= 11 is 0. The molecule has 2 aromatic rings. The Bertz CT molecular complexity index is 580. The van der Waals surface area contributed by atoms with Gasteiger partial charge in [-0.3, -0.25) is 9.59 Å². The van der Waals surface area contributed by atoms with Gasteiger partial charge in [-0.15, -0.1) is 0 Å². The molecule has 0 aliphatic carbocycles. The van der Waals surface area contributed by atoms with Crippen LogP contribution in [0, 0.1) is 0 Å². The van der Waals surface area contributed by atoms with Crippen molar-refractivity contribution in [3.63, 3.8) is 0 Å². The average molecular weight is 275 g/mol. The lowest BCUT2D eigenvalue weighted by Gasteiger charge is -2.06. The van der Waals surface area contributed by atoms with Crippen LogP contribution in [0.25, 0.3) is 0 Å². The van der Waals surface area contributed by atoms with E-state index in [-0.39, 0.29) is 24.6 Å². The van der Waals surface area contributed by atoms with Crippen molar-refractivity contribution in [2.45, 2.75) is 6.42 Å². The number of hydrogen-bond acceptors (Lipinski definition) is 5. The molecule has 1 aromatic carbocycles. The SMILES string of the molecule is NC(=O)CCOc1ccc(NC(=O)c2cn[nH]n2)cc1. The van der Waals surface area contributed by atoms with E-state index in [0.29, 0.717) is 11.4 Å². The molecule has 8 nitrogen and oxygen atoms in total. The topological polar surface area (TPSA) is 123 Å². The summed E-state index contributed by atoms with van der Waals surface area (Å²) in [5.74, 6) is -0.187. The number of nitrogens with zero attached hydrogens (tertiary/aromatic N) is 2. The number of H-pyrrole nitrogens is 1. The molecule has 0 unspecified atom stereocenters. The summed E-state index contributed by atoms with van der Waals surface area (Å²) < 4.78 is 5.31. The van der Waals surface area contributed by atoms with Gasteiger partial charge in [-0.25, -0.2) is 0 Å². The third-order valence-electron chi connectivity index (χ3n) is 2.38. The van der Waals surface area contributed by atoms with E-state index in [1.54, 1.807) is 24.3 Å². The van der Waals surface area contributed by atoms with Gasteiger partial charge < -0.3 is 15.8 Å². The number of aromatic amines is 1. The molecule has 0 radical (unpaired) electrons. The molecule has 104 valence electrons. The summed E-state index contributed by atoms with van der Waals surface area (Å²) in [7, 11) is 0. The van der Waals surface area contributed by atoms with E-state index in [1.807, 2.05) is 0 Å². The first-order chi connectivity index (χ1) is 9.65. The van der Waals surface area contributed by atoms with E-state index in [2.05, 4.69) is 20.7 Å². The Morgan fingerprint density at radius 1 is 1.30 bits per heavy atom. The average Bonchev–Trinajstić information content (AvgIpc) is 2.94. The third kappa shape index (κ3) is 3.80. The number of anilines is 1. The van der Waals surface area contributed by atoms with E-state index in [4.69, 9.17) is 10.5 Å². The molecule has 0 aliphatic heterocycles. The highest BCUT2D eigenvalue weighted by Gasteiger charge is 2.08. The van der Waals surface area contributed by atoms with Gasteiger partial charge >= 0.3 is 0 Å². The standard InChI is InChI=1S/C12H13N5O3/c13-11(18)5-6-20-9-3-1-8(2-4-9)15-12(19)10-7-14-17-16-10/h1-4,7H,5-6H2,(H2,13,18)(H,15,19)(H,14,16,17). The summed E-state index contributed by atoms with van der Waals surface area (Å²) in [5.41, 5.74) is 5.80. The van der Waals surface area contributed by atoms with Crippen LogP contribution in [0.4, 0.5) is 5.69 Å². The van der Waals surface area contributed by atoms with Crippen molar-refractivity contribution in [2.75, 3.05) is 11.9 Å². The first-order valence-corrected chi connectivity index (χ1v) is 5.83. The zero-order valence-electron chi connectivity index (χ0n) is 10.5. The van der Waals surface area contributed by atoms with Gasteiger partial charge in [0.25, 0.3) is 5.91 Å². The summed E-state index contributed by atoms with van der Waals surface area (Å²) in [6, 6.07) is 6.72. The van der Waals surface area contributed by atoms with Gasteiger partial charge in [-0.1, -0.05) is 0 Å². The molecule has 0 saturated heterocycles. The maximum absolute atomic E-state index is 11.7. The molecular formula is C12H13N5O3. The minimum Gasteiger partial charge on any atom is -0.493 e. The molecule has 0 saturated carbocycles. The Morgan fingerprint density at radius 2 is 2.05 bits per heavy atom. The number of carbonyl (C=O) groups is 2. The van der Waals surface area contributed by atoms with E-state index in [1.165, 1.54) is 6.20 Å². The van der Waals surface area contributed by atoms with Crippen LogP contribution in [-0.4, -0.2) is 33.8 Å². The van der Waals surface area contributed by atoms with Crippen molar-refractivity contribution in [2.24, 2.45) is 5.73 Å². The monoisotopic (exact) mass is 275 g/mol. The van der Waals surface area contributed by atoms with Gasteiger partial charge in [-0.2, -0.15) is 15.4 Å². The van der Waals surface area contributed by atoms with Crippen molar-refractivity contribution < 1.29 is 14.3 Å². The fraction of sp³-hybridized carbons (Fsp3) is 0.167. The zero-order valence-corrected chi connectivity index (χ0v) is 10.5. The molecule has 8 heteroatoms. The van der Waals surface area contributed by atoms with Gasteiger partial charge in [0.1, 0.15) is 5.75 Å². The lowest BCUT2D eigenvalue weighted by Crippen LogP contribution is -2.14. The molecule has 4 N–H and O–H groups in total. The quantitative estimate of drug-likeness (QED) is 0.700. The van der Waals surface area contributed by atoms with Crippen LogP contribution in [0.15, 0.2) is 30.5 Å². The highest BCUT2D eigenvalue weighted by molar-refractivity contribution is 6.02. The highest BCUT2D eigenvalue weighted by Crippen LogP contribution is 2.16. The Kier molecular flexibility index (Phi) is 4.28. The van der Waals surface area contributed by atoms with E-state index in [0.717, 1.165) is 0 Å². The van der Waals surface area contributed by atoms with Gasteiger partial charge in [0.05, 0.1) is 19.2 Å². The fourth-order valence-corrected chi connectivity index (χ4v) is 1.41. The van der Waals surface area contributed by atoms with Crippen LogP contribution in [0.5, 0.6) is 5.75 Å². The molecule has 1 aromatic heterocycles. The second-order valence-electron chi connectivity index (χ2n) is 3.90. The van der Waals surface area contributed by atoms with Crippen LogP contribution in [-0.2, 0) is 4.79 Å². The molecule has 1 heterocycles. The summed E-state index contributed by atoms with van der Waals surface area (Å²) in [6.45, 7) is 0.222. The molecule has 0 bridgehead atoms. The Morgan fingerprint density at radius 3 is 2.65 bits per heavy atom. The van der Waals surface area contributed by atoms with Crippen LogP contribution in [0.3, 0.4) is 0 Å². The van der Waals surface area contributed by atoms with Crippen molar-refractivity contribution in [1.82, 2.24) is 15.4 Å². The van der Waals surface area contributed by atoms with Crippen molar-refractivity contribution >= 4 is 17.5 Å². The number of nitrogens with two attached hydrogens (primary N) is 1. The van der Waals surface area contributed by atoms with Crippen molar-refractivity contribution in [3.05, 3.63) is 36.2 Å². The third-order valence-corrected chi connectivity index (χ3v) is 2.38. The normalized spacial score (nSPS) is 10.0. The molecule has 0 aliphatic rings. The van der Waals surface area contributed by atoms with Crippen LogP contribution >= 0.6 is 0 Å². The van der Waals surface area contributed by atoms with Crippen molar-refractivity contribution in [3.8, 4) is 5.75 Å². The number of rotatable bonds is 6. The highest BCUT2D eigenvalue weighted by atomic mass is 16.5. The van der Waals surface area contributed by atoms with Gasteiger partial charge in [-0.05, 0) is 24.3 Å². The first kappa shape index (κ1) is 13.5. The van der Waals surface area contributed by atoms with E-state index >= 15 is 0 Å². The first-order valence-electron chi connectivity index (χ1n) is 5.83. The smallest absolute Gasteiger partial charge is 0.277 e. The number of aromatic nitrogens is 3. The molecule has 0 spiro atoms. The minimum atomic E-state index is -0.415. The largest absolute Gasteiger partial charge is 0.493 e. The fourth-order valence-electron chi connectivity index (χ4n) is 1.41. The number of carbonyl (C=O) groups excluding carboxylic acids is 2. The number of primary amides is 1. The van der Waals surface area contributed by atoms with Crippen molar-refractivity contribution in [1.29, 1.82) is 0 Å². The second kappa shape index (κ2) is 6.32. The molecule has 0 fully saturated rings. The number of amides is 2. The molecule has 2 amide bonds. The number of hydrogen-bond donors (Lipinski definition) is 3. The lowest BCUT2D eigenvalue weighted by molar-refractivity contribution is -0.118. The van der Waals surface area contributed by atoms with Gasteiger partial charge in [0, 0.05) is 5.69 Å². The summed E-state index contributed by atoms with van der Waals surface area (Å²) in [4.78, 5) is 22.2. The maximum Gasteiger partial charge on any atom is 0.277 e. The van der Waals surface area contributed by atoms with Crippen LogP contribution in [0.1, 0.15) is 16.9 Å². The summed E-state index contributed by atoms with van der Waals surface area (Å²) in [6.07, 6.45) is 1.49. The van der Waals surface area contributed by atoms with E-state index < -0.39 is 5.91 Å². The Hall–Kier alpha value is -2.90.